The summed E-state index contributed by atoms with van der Waals surface area (Å²) in [6.07, 6.45) is 10.4. The zero-order valence-corrected chi connectivity index (χ0v) is 16.1. The topological polar surface area (TPSA) is 52.2 Å². The summed E-state index contributed by atoms with van der Waals surface area (Å²) in [6.45, 7) is 4.07. The van der Waals surface area contributed by atoms with Crippen molar-refractivity contribution < 1.29 is 0 Å². The summed E-state index contributed by atoms with van der Waals surface area (Å²) in [7, 11) is 0. The fourth-order valence-electron chi connectivity index (χ4n) is 3.78. The van der Waals surface area contributed by atoms with E-state index in [-0.39, 0.29) is 5.56 Å². The van der Waals surface area contributed by atoms with Crippen LogP contribution in [0.4, 0.5) is 0 Å². The maximum atomic E-state index is 12.9. The Kier molecular flexibility index (Phi) is 4.85. The van der Waals surface area contributed by atoms with Gasteiger partial charge < -0.3 is 0 Å². The first-order valence-corrected chi connectivity index (χ1v) is 10.3. The van der Waals surface area contributed by atoms with Crippen LogP contribution < -0.4 is 5.56 Å². The van der Waals surface area contributed by atoms with E-state index in [1.165, 1.54) is 37.7 Å². The van der Waals surface area contributed by atoms with E-state index >= 15 is 0 Å². The van der Waals surface area contributed by atoms with Crippen molar-refractivity contribution in [2.75, 3.05) is 5.75 Å². The van der Waals surface area contributed by atoms with E-state index in [0.29, 0.717) is 5.65 Å². The monoisotopic (exact) mass is 368 g/mol. The largest absolute Gasteiger partial charge is 0.300 e. The van der Waals surface area contributed by atoms with Crippen molar-refractivity contribution in [1.29, 1.82) is 0 Å². The highest BCUT2D eigenvalue weighted by molar-refractivity contribution is 7.99. The van der Waals surface area contributed by atoms with Crippen LogP contribution in [0.1, 0.15) is 43.2 Å². The van der Waals surface area contributed by atoms with Crippen LogP contribution in [0.15, 0.2) is 40.5 Å². The molecule has 0 unspecified atom stereocenters. The van der Waals surface area contributed by atoms with Crippen LogP contribution in [0.3, 0.4) is 0 Å². The zero-order chi connectivity index (χ0) is 18.1. The van der Waals surface area contributed by atoms with Gasteiger partial charge in [-0.15, -0.1) is 10.2 Å². The molecule has 0 atom stereocenters. The van der Waals surface area contributed by atoms with E-state index in [4.69, 9.17) is 0 Å². The predicted octanol–water partition coefficient (Wildman–Crippen LogP) is 4.17. The number of aryl methyl sites for hydroxylation is 2. The molecule has 0 N–H and O–H groups in total. The summed E-state index contributed by atoms with van der Waals surface area (Å²) in [5.74, 6) is 1.82. The molecule has 0 saturated heterocycles. The number of rotatable bonds is 4. The Balaban J connectivity index is 1.63. The van der Waals surface area contributed by atoms with Gasteiger partial charge in [0.1, 0.15) is 0 Å². The van der Waals surface area contributed by atoms with Crippen LogP contribution in [0, 0.1) is 19.8 Å². The molecule has 2 heterocycles. The molecule has 26 heavy (non-hydrogen) atoms. The maximum absolute atomic E-state index is 12.9. The fourth-order valence-corrected chi connectivity index (χ4v) is 4.88. The lowest BCUT2D eigenvalue weighted by Crippen LogP contribution is -2.21. The Labute approximate surface area is 157 Å². The molecule has 1 saturated carbocycles. The number of hydrogen-bond donors (Lipinski definition) is 0. The molecule has 4 rings (SSSR count). The molecule has 0 bridgehead atoms. The quantitative estimate of drug-likeness (QED) is 0.649. The molecule has 0 radical (unpaired) electrons. The van der Waals surface area contributed by atoms with Crippen LogP contribution in [0.25, 0.3) is 11.3 Å². The molecule has 1 aliphatic carbocycles. The van der Waals surface area contributed by atoms with Crippen molar-refractivity contribution in [2.45, 2.75) is 51.1 Å². The third kappa shape index (κ3) is 3.30. The van der Waals surface area contributed by atoms with Crippen molar-refractivity contribution >= 4 is 17.4 Å². The molecule has 5 nitrogen and oxygen atoms in total. The second-order valence-corrected chi connectivity index (χ2v) is 8.24. The molecule has 136 valence electrons. The van der Waals surface area contributed by atoms with E-state index in [1.807, 2.05) is 35.9 Å². The van der Waals surface area contributed by atoms with E-state index in [0.717, 1.165) is 28.1 Å². The zero-order valence-electron chi connectivity index (χ0n) is 15.3. The van der Waals surface area contributed by atoms with Crippen LogP contribution in [-0.2, 0) is 0 Å². The minimum atomic E-state index is -0.128. The van der Waals surface area contributed by atoms with E-state index < -0.39 is 0 Å². The Morgan fingerprint density at radius 2 is 1.92 bits per heavy atom. The van der Waals surface area contributed by atoms with Crippen LogP contribution >= 0.6 is 11.8 Å². The number of aromatic nitrogens is 4. The van der Waals surface area contributed by atoms with Gasteiger partial charge in [0.25, 0.3) is 0 Å². The first-order valence-electron chi connectivity index (χ1n) is 9.30. The average Bonchev–Trinajstić information content (AvgIpc) is 3.06. The lowest BCUT2D eigenvalue weighted by molar-refractivity contribution is 0.390. The summed E-state index contributed by atoms with van der Waals surface area (Å²) in [6, 6.07) is 6.09. The second kappa shape index (κ2) is 7.27. The standard InChI is InChI=1S/C20H24N4OS/c1-14-8-9-17(15(2)12-14)23-10-11-24-18(19(23)25)21-22-20(24)26-13-16-6-4-3-5-7-16/h8-12,16H,3-7,13H2,1-2H3. The lowest BCUT2D eigenvalue weighted by Gasteiger charge is -2.20. The van der Waals surface area contributed by atoms with Crippen molar-refractivity contribution in [3.63, 3.8) is 0 Å². The molecule has 2 aromatic heterocycles. The van der Waals surface area contributed by atoms with Crippen molar-refractivity contribution in [3.8, 4) is 5.69 Å². The van der Waals surface area contributed by atoms with E-state index in [2.05, 4.69) is 23.2 Å². The van der Waals surface area contributed by atoms with E-state index in [1.54, 1.807) is 16.3 Å². The van der Waals surface area contributed by atoms with Crippen LogP contribution in [-0.4, -0.2) is 24.9 Å². The predicted molar refractivity (Wildman–Crippen MR) is 105 cm³/mol. The van der Waals surface area contributed by atoms with Crippen LogP contribution in [0.2, 0.25) is 0 Å². The second-order valence-electron chi connectivity index (χ2n) is 7.25. The first-order chi connectivity index (χ1) is 12.6. The molecule has 6 heteroatoms. The summed E-state index contributed by atoms with van der Waals surface area (Å²) >= 11 is 1.72. The first kappa shape index (κ1) is 17.3. The maximum Gasteiger partial charge on any atom is 0.300 e. The highest BCUT2D eigenvalue weighted by Crippen LogP contribution is 2.29. The number of fused-ring (bicyclic) bond motifs is 1. The van der Waals surface area contributed by atoms with Gasteiger partial charge in [0.05, 0.1) is 5.69 Å². The van der Waals surface area contributed by atoms with Crippen LogP contribution in [0.5, 0.6) is 0 Å². The highest BCUT2D eigenvalue weighted by Gasteiger charge is 2.17. The van der Waals surface area contributed by atoms with Gasteiger partial charge in [0.2, 0.25) is 5.65 Å². The van der Waals surface area contributed by atoms with Gasteiger partial charge in [-0.1, -0.05) is 48.7 Å². The molecule has 0 spiro atoms. The minimum absolute atomic E-state index is 0.128. The van der Waals surface area contributed by atoms with Gasteiger partial charge in [-0.2, -0.15) is 0 Å². The van der Waals surface area contributed by atoms with Gasteiger partial charge in [0.15, 0.2) is 5.16 Å². The van der Waals surface area contributed by atoms with Gasteiger partial charge in [-0.25, -0.2) is 0 Å². The third-order valence-electron chi connectivity index (χ3n) is 5.22. The SMILES string of the molecule is Cc1ccc(-n2ccn3c(SCC4CCCCC4)nnc3c2=O)c(C)c1. The van der Waals surface area contributed by atoms with Gasteiger partial charge in [-0.3, -0.25) is 13.8 Å². The summed E-state index contributed by atoms with van der Waals surface area (Å²) in [5.41, 5.74) is 3.41. The fraction of sp³-hybridized carbons (Fsp3) is 0.450. The molecule has 0 aliphatic heterocycles. The Hall–Kier alpha value is -2.08. The summed E-state index contributed by atoms with van der Waals surface area (Å²) in [4.78, 5) is 12.9. The summed E-state index contributed by atoms with van der Waals surface area (Å²) in [5, 5.41) is 9.26. The number of hydrogen-bond acceptors (Lipinski definition) is 4. The number of thioether (sulfide) groups is 1. The average molecular weight is 369 g/mol. The Morgan fingerprint density at radius 1 is 1.12 bits per heavy atom. The van der Waals surface area contributed by atoms with Crippen molar-refractivity contribution in [1.82, 2.24) is 19.2 Å². The smallest absolute Gasteiger partial charge is 0.279 e. The van der Waals surface area contributed by atoms with E-state index in [9.17, 15) is 4.79 Å². The number of benzene rings is 1. The van der Waals surface area contributed by atoms with Gasteiger partial charge in [0, 0.05) is 18.1 Å². The molecule has 1 aromatic carbocycles. The van der Waals surface area contributed by atoms with Gasteiger partial charge in [-0.05, 0) is 44.2 Å². The molecule has 1 fully saturated rings. The molecular formula is C20H24N4OS. The number of nitrogens with zero attached hydrogens (tertiary/aromatic N) is 4. The van der Waals surface area contributed by atoms with Crippen molar-refractivity contribution in [3.05, 3.63) is 52.1 Å². The van der Waals surface area contributed by atoms with Gasteiger partial charge >= 0.3 is 5.56 Å². The van der Waals surface area contributed by atoms with Crippen molar-refractivity contribution in [2.24, 2.45) is 5.92 Å². The molecule has 1 aliphatic rings. The third-order valence-corrected chi connectivity index (χ3v) is 6.40. The Morgan fingerprint density at radius 3 is 2.69 bits per heavy atom. The minimum Gasteiger partial charge on any atom is -0.279 e. The molecular weight excluding hydrogens is 344 g/mol. The molecule has 0 amide bonds. The Bertz CT molecular complexity index is 985. The normalized spacial score (nSPS) is 15.6. The molecule has 3 aromatic rings. The summed E-state index contributed by atoms with van der Waals surface area (Å²) < 4.78 is 3.49. The highest BCUT2D eigenvalue weighted by atomic mass is 32.2. The lowest BCUT2D eigenvalue weighted by atomic mass is 9.91.